The summed E-state index contributed by atoms with van der Waals surface area (Å²) in [5.41, 5.74) is 4.25. The van der Waals surface area contributed by atoms with Gasteiger partial charge in [-0.2, -0.15) is 5.10 Å². The minimum atomic E-state index is -0.734. The summed E-state index contributed by atoms with van der Waals surface area (Å²) in [6, 6.07) is 4.73. The molecule has 1 N–H and O–H groups in total. The molecule has 0 fully saturated rings. The first kappa shape index (κ1) is 21.7. The number of hydrogen-bond donors (Lipinski definition) is 1. The quantitative estimate of drug-likeness (QED) is 0.420. The van der Waals surface area contributed by atoms with Crippen LogP contribution in [0.2, 0.25) is 0 Å². The first-order valence-corrected chi connectivity index (χ1v) is 11.7. The first-order chi connectivity index (χ1) is 14.9. The summed E-state index contributed by atoms with van der Waals surface area (Å²) in [5.74, 6) is 0.948. The molecule has 0 unspecified atom stereocenters. The van der Waals surface area contributed by atoms with Crippen LogP contribution in [0.25, 0.3) is 10.2 Å². The van der Waals surface area contributed by atoms with Crippen LogP contribution in [-0.4, -0.2) is 28.8 Å². The lowest BCUT2D eigenvalue weighted by atomic mass is 9.89. The van der Waals surface area contributed by atoms with Gasteiger partial charge in [0.2, 0.25) is 0 Å². The number of aromatic nitrogens is 2. The fourth-order valence-corrected chi connectivity index (χ4v) is 5.67. The Morgan fingerprint density at radius 1 is 1.48 bits per heavy atom. The van der Waals surface area contributed by atoms with Crippen molar-refractivity contribution in [2.45, 2.75) is 39.2 Å². The Morgan fingerprint density at radius 2 is 2.29 bits per heavy atom. The number of rotatable bonds is 5. The number of thiophene rings is 1. The van der Waals surface area contributed by atoms with Crippen molar-refractivity contribution < 1.29 is 9.53 Å². The summed E-state index contributed by atoms with van der Waals surface area (Å²) in [6.07, 6.45) is 5.95. The van der Waals surface area contributed by atoms with E-state index >= 15 is 0 Å². The maximum Gasteiger partial charge on any atom is 0.263 e. The zero-order valence-electron chi connectivity index (χ0n) is 17.5. The van der Waals surface area contributed by atoms with Crippen molar-refractivity contribution in [2.75, 3.05) is 7.11 Å². The predicted molar refractivity (Wildman–Crippen MR) is 126 cm³/mol. The van der Waals surface area contributed by atoms with Crippen LogP contribution in [0.3, 0.4) is 0 Å². The molecule has 2 atom stereocenters. The van der Waals surface area contributed by atoms with Crippen molar-refractivity contribution in [1.29, 1.82) is 0 Å². The Balaban J connectivity index is 1.53. The summed E-state index contributed by atoms with van der Waals surface area (Å²) >= 11 is 5.02. The van der Waals surface area contributed by atoms with Gasteiger partial charge < -0.3 is 4.74 Å². The van der Waals surface area contributed by atoms with E-state index in [0.717, 1.165) is 39.7 Å². The summed E-state index contributed by atoms with van der Waals surface area (Å²) < 4.78 is 7.38. The van der Waals surface area contributed by atoms with Gasteiger partial charge in [0, 0.05) is 4.88 Å². The number of benzene rings is 1. The van der Waals surface area contributed by atoms with E-state index in [9.17, 15) is 9.59 Å². The smallest absolute Gasteiger partial charge is 0.263 e. The third-order valence-electron chi connectivity index (χ3n) is 5.60. The van der Waals surface area contributed by atoms with Crippen LogP contribution in [0.1, 0.15) is 42.3 Å². The number of carbonyl (C=O) groups excluding carboxylic acids is 1. The van der Waals surface area contributed by atoms with E-state index in [2.05, 4.69) is 38.4 Å². The lowest BCUT2D eigenvalue weighted by Crippen LogP contribution is -2.34. The van der Waals surface area contributed by atoms with E-state index in [1.165, 1.54) is 22.0 Å². The molecule has 2 heterocycles. The number of fused-ring (bicyclic) bond motifs is 3. The number of nitrogens with zero attached hydrogens (tertiary/aromatic N) is 3. The predicted octanol–water partition coefficient (Wildman–Crippen LogP) is 4.07. The number of ether oxygens (including phenoxy) is 1. The van der Waals surface area contributed by atoms with Gasteiger partial charge in [-0.25, -0.2) is 10.4 Å². The maximum absolute atomic E-state index is 13.2. The number of hydrazone groups is 1. The van der Waals surface area contributed by atoms with Gasteiger partial charge in [0.15, 0.2) is 0 Å². The van der Waals surface area contributed by atoms with Gasteiger partial charge in [0.05, 0.1) is 29.5 Å². The first-order valence-electron chi connectivity index (χ1n) is 10.1. The van der Waals surface area contributed by atoms with E-state index in [-0.39, 0.29) is 11.5 Å². The zero-order valence-corrected chi connectivity index (χ0v) is 19.9. The molecular formula is C22H23BrN4O3S. The second-order valence-electron chi connectivity index (χ2n) is 7.79. The summed E-state index contributed by atoms with van der Waals surface area (Å²) in [6.45, 7) is 3.90. The molecule has 3 aromatic rings. The van der Waals surface area contributed by atoms with Gasteiger partial charge in [-0.05, 0) is 77.4 Å². The molecule has 1 amide bonds. The summed E-state index contributed by atoms with van der Waals surface area (Å²) in [7, 11) is 1.59. The van der Waals surface area contributed by atoms with Crippen molar-refractivity contribution in [3.05, 3.63) is 55.4 Å². The SMILES string of the molecule is COc1ccc(/C=N/NC(=O)[C@H](C)n2cnc3sc4c(c3c2=O)CC[C@@H](C)C4)cc1Br. The third-order valence-corrected chi connectivity index (χ3v) is 7.38. The second-order valence-corrected chi connectivity index (χ2v) is 9.73. The largest absolute Gasteiger partial charge is 0.496 e. The average molecular weight is 503 g/mol. The number of carbonyl (C=O) groups is 1. The van der Waals surface area contributed by atoms with Gasteiger partial charge in [-0.1, -0.05) is 6.92 Å². The molecule has 7 nitrogen and oxygen atoms in total. The minimum absolute atomic E-state index is 0.164. The lowest BCUT2D eigenvalue weighted by molar-refractivity contribution is -0.123. The monoisotopic (exact) mass is 502 g/mol. The molecule has 162 valence electrons. The number of methoxy groups -OCH3 is 1. The highest BCUT2D eigenvalue weighted by Gasteiger charge is 2.25. The zero-order chi connectivity index (χ0) is 22.1. The lowest BCUT2D eigenvalue weighted by Gasteiger charge is -2.18. The molecule has 0 saturated heterocycles. The normalized spacial score (nSPS) is 17.0. The van der Waals surface area contributed by atoms with Gasteiger partial charge in [-0.3, -0.25) is 14.2 Å². The Hall–Kier alpha value is -2.52. The maximum atomic E-state index is 13.2. The van der Waals surface area contributed by atoms with Crippen molar-refractivity contribution in [3.8, 4) is 5.75 Å². The molecule has 0 bridgehead atoms. The van der Waals surface area contributed by atoms with E-state index in [1.54, 1.807) is 31.4 Å². The van der Waals surface area contributed by atoms with Crippen molar-refractivity contribution in [2.24, 2.45) is 11.0 Å². The third kappa shape index (κ3) is 4.29. The molecule has 1 aliphatic rings. The van der Waals surface area contributed by atoms with E-state index in [1.807, 2.05) is 12.1 Å². The fourth-order valence-electron chi connectivity index (χ4n) is 3.77. The Labute approximate surface area is 192 Å². The highest BCUT2D eigenvalue weighted by Crippen LogP contribution is 2.35. The Kier molecular flexibility index (Phi) is 6.24. The van der Waals surface area contributed by atoms with Gasteiger partial charge >= 0.3 is 0 Å². The van der Waals surface area contributed by atoms with Crippen molar-refractivity contribution in [1.82, 2.24) is 15.0 Å². The van der Waals surface area contributed by atoms with Crippen molar-refractivity contribution >= 4 is 49.6 Å². The second kappa shape index (κ2) is 8.92. The average Bonchev–Trinajstić information content (AvgIpc) is 3.12. The Bertz CT molecular complexity index is 1230. The molecule has 1 aliphatic carbocycles. The molecule has 0 aliphatic heterocycles. The van der Waals surface area contributed by atoms with E-state index in [4.69, 9.17) is 4.74 Å². The Morgan fingerprint density at radius 3 is 3.03 bits per heavy atom. The molecule has 0 saturated carbocycles. The van der Waals surface area contributed by atoms with Crippen LogP contribution in [0, 0.1) is 5.92 Å². The molecule has 4 rings (SSSR count). The molecule has 0 radical (unpaired) electrons. The summed E-state index contributed by atoms with van der Waals surface area (Å²) in [5, 5.41) is 4.69. The van der Waals surface area contributed by atoms with Gasteiger partial charge in [0.25, 0.3) is 11.5 Å². The number of nitrogens with one attached hydrogen (secondary N) is 1. The fraction of sp³-hybridized carbons (Fsp3) is 0.364. The number of hydrogen-bond acceptors (Lipinski definition) is 6. The molecule has 2 aromatic heterocycles. The number of halogens is 1. The standard InChI is InChI=1S/C22H23BrN4O3S/c1-12-4-6-15-18(8-12)31-21-19(15)22(29)27(11-24-21)13(2)20(28)26-25-10-14-5-7-17(30-3)16(23)9-14/h5,7,9-13H,4,6,8H2,1-3H3,(H,26,28)/b25-10+/t12-,13+/m1/s1. The van der Waals surface area contributed by atoms with Crippen LogP contribution in [0.4, 0.5) is 0 Å². The summed E-state index contributed by atoms with van der Waals surface area (Å²) in [4.78, 5) is 32.3. The topological polar surface area (TPSA) is 85.6 Å². The number of aryl methyl sites for hydroxylation is 1. The highest BCUT2D eigenvalue weighted by atomic mass is 79.9. The van der Waals surface area contributed by atoms with Gasteiger partial charge in [-0.15, -0.1) is 11.3 Å². The molecule has 31 heavy (non-hydrogen) atoms. The highest BCUT2D eigenvalue weighted by molar-refractivity contribution is 9.10. The molecule has 1 aromatic carbocycles. The van der Waals surface area contributed by atoms with Crippen LogP contribution in [-0.2, 0) is 17.6 Å². The van der Waals surface area contributed by atoms with Crippen LogP contribution in [0.5, 0.6) is 5.75 Å². The van der Waals surface area contributed by atoms with E-state index in [0.29, 0.717) is 17.1 Å². The van der Waals surface area contributed by atoms with Crippen LogP contribution in [0.15, 0.2) is 38.9 Å². The number of amides is 1. The van der Waals surface area contributed by atoms with Gasteiger partial charge in [0.1, 0.15) is 16.6 Å². The van der Waals surface area contributed by atoms with Crippen LogP contribution < -0.4 is 15.7 Å². The molecular weight excluding hydrogens is 480 g/mol. The van der Waals surface area contributed by atoms with E-state index < -0.39 is 6.04 Å². The molecule has 9 heteroatoms. The van der Waals surface area contributed by atoms with Crippen molar-refractivity contribution in [3.63, 3.8) is 0 Å². The minimum Gasteiger partial charge on any atom is -0.496 e. The molecule has 0 spiro atoms. The van der Waals surface area contributed by atoms with Crippen LogP contribution >= 0.6 is 27.3 Å².